The number of anilines is 1. The van der Waals surface area contributed by atoms with Crippen LogP contribution in [-0.2, 0) is 11.2 Å². The molecule has 1 amide bonds. The Morgan fingerprint density at radius 3 is 2.58 bits per heavy atom. The summed E-state index contributed by atoms with van der Waals surface area (Å²) in [6, 6.07) is 15.1. The Morgan fingerprint density at radius 2 is 1.88 bits per heavy atom. The van der Waals surface area contributed by atoms with Crippen LogP contribution in [0.4, 0.5) is 5.69 Å². The summed E-state index contributed by atoms with van der Waals surface area (Å²) in [5.74, 6) is 5.72. The van der Waals surface area contributed by atoms with Gasteiger partial charge in [-0.1, -0.05) is 55.7 Å². The van der Waals surface area contributed by atoms with Gasteiger partial charge in [-0.25, -0.2) is 0 Å². The third kappa shape index (κ3) is 5.46. The van der Waals surface area contributed by atoms with Crippen molar-refractivity contribution in [1.29, 1.82) is 0 Å². The minimum absolute atomic E-state index is 0.0774. The van der Waals surface area contributed by atoms with E-state index in [2.05, 4.69) is 42.3 Å². The molecular formula is C21H21NOSi. The molecule has 0 aliphatic heterocycles. The summed E-state index contributed by atoms with van der Waals surface area (Å²) < 4.78 is 0. The highest BCUT2D eigenvalue weighted by molar-refractivity contribution is 6.83. The zero-order valence-electron chi connectivity index (χ0n) is 14.3. The average molecular weight is 331 g/mol. The summed E-state index contributed by atoms with van der Waals surface area (Å²) in [6.07, 6.45) is 5.68. The number of para-hydroxylation sites is 1. The molecule has 2 aromatic rings. The van der Waals surface area contributed by atoms with E-state index in [0.29, 0.717) is 0 Å². The summed E-state index contributed by atoms with van der Waals surface area (Å²) in [5, 5.41) is 2.96. The van der Waals surface area contributed by atoms with Crippen molar-refractivity contribution < 1.29 is 4.79 Å². The first kappa shape index (κ1) is 17.6. The van der Waals surface area contributed by atoms with Crippen LogP contribution in [0, 0.1) is 23.8 Å². The molecule has 2 aromatic carbocycles. The normalized spacial score (nSPS) is 10.2. The van der Waals surface area contributed by atoms with E-state index in [1.54, 1.807) is 0 Å². The minimum atomic E-state index is -1.47. The quantitative estimate of drug-likeness (QED) is 0.666. The molecule has 0 unspecified atom stereocenters. The molecule has 2 nitrogen and oxygen atoms in total. The molecular weight excluding hydrogens is 310 g/mol. The number of nitrogens with one attached hydrogen (secondary N) is 1. The molecule has 0 saturated carbocycles. The summed E-state index contributed by atoms with van der Waals surface area (Å²) in [6.45, 7) is 6.58. The highest BCUT2D eigenvalue weighted by Gasteiger charge is 2.10. The van der Waals surface area contributed by atoms with Gasteiger partial charge in [0.2, 0.25) is 5.91 Å². The first-order valence-corrected chi connectivity index (χ1v) is 11.3. The van der Waals surface area contributed by atoms with Crippen molar-refractivity contribution >= 4 is 19.7 Å². The van der Waals surface area contributed by atoms with Crippen LogP contribution >= 0.6 is 0 Å². The number of rotatable bonds is 3. The third-order valence-corrected chi connectivity index (χ3v) is 4.11. The van der Waals surface area contributed by atoms with Gasteiger partial charge >= 0.3 is 0 Å². The maximum Gasteiger partial charge on any atom is 0.228 e. The molecule has 0 aliphatic rings. The third-order valence-electron chi connectivity index (χ3n) is 3.23. The van der Waals surface area contributed by atoms with E-state index >= 15 is 0 Å². The van der Waals surface area contributed by atoms with Crippen molar-refractivity contribution in [3.05, 3.63) is 65.2 Å². The van der Waals surface area contributed by atoms with E-state index in [4.69, 9.17) is 6.42 Å². The first-order valence-electron chi connectivity index (χ1n) is 7.85. The fraction of sp³-hybridized carbons (Fsp3) is 0.190. The van der Waals surface area contributed by atoms with Gasteiger partial charge in [0.25, 0.3) is 0 Å². The van der Waals surface area contributed by atoms with Crippen LogP contribution in [-0.4, -0.2) is 14.0 Å². The molecule has 0 spiro atoms. The second-order valence-corrected chi connectivity index (χ2v) is 11.4. The molecule has 0 atom stereocenters. The lowest BCUT2D eigenvalue weighted by atomic mass is 10.1. The van der Waals surface area contributed by atoms with Crippen molar-refractivity contribution in [2.75, 3.05) is 5.32 Å². The number of hydrogen-bond donors (Lipinski definition) is 1. The topological polar surface area (TPSA) is 29.1 Å². The van der Waals surface area contributed by atoms with E-state index in [9.17, 15) is 4.79 Å². The second kappa shape index (κ2) is 7.68. The lowest BCUT2D eigenvalue weighted by Gasteiger charge is -2.09. The zero-order valence-corrected chi connectivity index (χ0v) is 15.3. The maximum atomic E-state index is 12.3. The van der Waals surface area contributed by atoms with Crippen LogP contribution in [0.25, 0.3) is 0 Å². The number of carbonyl (C=O) groups excluding carboxylic acids is 1. The molecule has 3 heteroatoms. The molecule has 0 bridgehead atoms. The summed E-state index contributed by atoms with van der Waals surface area (Å²) in [4.78, 5) is 12.3. The molecule has 0 heterocycles. The van der Waals surface area contributed by atoms with Crippen LogP contribution in [0.2, 0.25) is 19.6 Å². The molecule has 0 aromatic heterocycles. The number of hydrogen-bond acceptors (Lipinski definition) is 1. The minimum Gasteiger partial charge on any atom is -0.325 e. The number of benzene rings is 2. The van der Waals surface area contributed by atoms with Crippen molar-refractivity contribution in [3.63, 3.8) is 0 Å². The molecule has 2 rings (SSSR count). The molecule has 0 radical (unpaired) electrons. The fourth-order valence-electron chi connectivity index (χ4n) is 2.11. The Hall–Kier alpha value is -2.75. The van der Waals surface area contributed by atoms with E-state index in [1.165, 1.54) is 0 Å². The summed E-state index contributed by atoms with van der Waals surface area (Å²) in [5.41, 5.74) is 6.61. The maximum absolute atomic E-state index is 12.3. The van der Waals surface area contributed by atoms with Gasteiger partial charge in [-0.3, -0.25) is 4.79 Å². The van der Waals surface area contributed by atoms with Crippen molar-refractivity contribution in [2.24, 2.45) is 0 Å². The second-order valence-electron chi connectivity index (χ2n) is 6.62. The van der Waals surface area contributed by atoms with E-state index in [-0.39, 0.29) is 12.3 Å². The van der Waals surface area contributed by atoms with Gasteiger partial charge in [-0.15, -0.1) is 12.0 Å². The van der Waals surface area contributed by atoms with Gasteiger partial charge in [0, 0.05) is 11.1 Å². The highest BCUT2D eigenvalue weighted by Crippen LogP contribution is 2.15. The molecule has 0 fully saturated rings. The van der Waals surface area contributed by atoms with Gasteiger partial charge in [0.05, 0.1) is 12.1 Å². The van der Waals surface area contributed by atoms with E-state index in [0.717, 1.165) is 22.4 Å². The summed E-state index contributed by atoms with van der Waals surface area (Å²) >= 11 is 0. The fourth-order valence-corrected chi connectivity index (χ4v) is 2.62. The Bertz CT molecular complexity index is 844. The number of terminal acetylenes is 1. The number of carbonyl (C=O) groups is 1. The lowest BCUT2D eigenvalue weighted by Crippen LogP contribution is -2.17. The molecule has 0 saturated heterocycles. The van der Waals surface area contributed by atoms with E-state index < -0.39 is 8.07 Å². The SMILES string of the molecule is C#Cc1cccc(CC(=O)Nc2ccccc2C#C[Si](C)(C)C)c1. The number of amides is 1. The smallest absolute Gasteiger partial charge is 0.228 e. The Kier molecular flexibility index (Phi) is 5.63. The van der Waals surface area contributed by atoms with Crippen LogP contribution < -0.4 is 5.32 Å². The van der Waals surface area contributed by atoms with Gasteiger partial charge in [-0.05, 0) is 29.8 Å². The van der Waals surface area contributed by atoms with E-state index in [1.807, 2.05) is 48.5 Å². The monoisotopic (exact) mass is 331 g/mol. The van der Waals surface area contributed by atoms with Crippen molar-refractivity contribution in [2.45, 2.75) is 26.1 Å². The van der Waals surface area contributed by atoms with Crippen LogP contribution in [0.5, 0.6) is 0 Å². The van der Waals surface area contributed by atoms with Crippen molar-refractivity contribution in [1.82, 2.24) is 0 Å². The predicted molar refractivity (Wildman–Crippen MR) is 103 cm³/mol. The largest absolute Gasteiger partial charge is 0.325 e. The summed E-state index contributed by atoms with van der Waals surface area (Å²) in [7, 11) is -1.47. The zero-order chi connectivity index (χ0) is 17.6. The first-order chi connectivity index (χ1) is 11.4. The standard InChI is InChI=1S/C21H21NOSi/c1-5-17-9-8-10-18(15-17)16-21(23)22-20-12-7-6-11-19(20)13-14-24(2,3)4/h1,6-12,15H,16H2,2-4H3,(H,22,23). The molecule has 1 N–H and O–H groups in total. The Balaban J connectivity index is 2.14. The van der Waals surface area contributed by atoms with Crippen molar-refractivity contribution in [3.8, 4) is 23.8 Å². The van der Waals surface area contributed by atoms with Gasteiger partial charge in [-0.2, -0.15) is 0 Å². The Labute approximate surface area is 145 Å². The molecule has 0 aliphatic carbocycles. The highest BCUT2D eigenvalue weighted by atomic mass is 28.3. The van der Waals surface area contributed by atoms with Gasteiger partial charge in [0.1, 0.15) is 8.07 Å². The Morgan fingerprint density at radius 1 is 1.12 bits per heavy atom. The molecule has 24 heavy (non-hydrogen) atoms. The van der Waals surface area contributed by atoms with Gasteiger partial charge < -0.3 is 5.32 Å². The van der Waals surface area contributed by atoms with Crippen LogP contribution in [0.1, 0.15) is 16.7 Å². The van der Waals surface area contributed by atoms with Crippen LogP contribution in [0.3, 0.4) is 0 Å². The van der Waals surface area contributed by atoms with Gasteiger partial charge in [0.15, 0.2) is 0 Å². The molecule has 120 valence electrons. The predicted octanol–water partition coefficient (Wildman–Crippen LogP) is 4.08. The van der Waals surface area contributed by atoms with Crippen LogP contribution in [0.15, 0.2) is 48.5 Å². The average Bonchev–Trinajstić information content (AvgIpc) is 2.53. The lowest BCUT2D eigenvalue weighted by molar-refractivity contribution is -0.115.